The molecule has 10 bridgehead atoms. The van der Waals surface area contributed by atoms with Crippen LogP contribution in [0, 0.1) is 0 Å². The molecule has 1 N–H and O–H groups in total. The fourth-order valence-corrected chi connectivity index (χ4v) is 11.3. The summed E-state index contributed by atoms with van der Waals surface area (Å²) in [5.74, 6) is -1.65. The Labute approximate surface area is 573 Å². The number of hydrogen-bond acceptors (Lipinski definition) is 14. The van der Waals surface area contributed by atoms with E-state index in [-0.39, 0.29) is 32.1 Å². The third-order valence-corrected chi connectivity index (χ3v) is 15.8. The van der Waals surface area contributed by atoms with Gasteiger partial charge in [-0.2, -0.15) is 0 Å². The van der Waals surface area contributed by atoms with Gasteiger partial charge in [0.25, 0.3) is 0 Å². The van der Waals surface area contributed by atoms with Crippen molar-refractivity contribution >= 4 is 29.8 Å². The monoisotopic (exact) mass is 1320 g/mol. The molecule has 15 nitrogen and oxygen atoms in total. The van der Waals surface area contributed by atoms with Crippen LogP contribution in [0.15, 0.2) is 60.7 Å². The predicted octanol–water partition coefficient (Wildman–Crippen LogP) is 16.8. The topological polar surface area (TPSA) is 189 Å². The highest BCUT2D eigenvalue weighted by atomic mass is 16.6. The van der Waals surface area contributed by atoms with E-state index in [1.807, 2.05) is 0 Å². The summed E-state index contributed by atoms with van der Waals surface area (Å²) in [5, 5.41) is 10.5. The van der Waals surface area contributed by atoms with Gasteiger partial charge in [0, 0.05) is 32.1 Å². The molecule has 0 aliphatic heterocycles. The van der Waals surface area contributed by atoms with Crippen molar-refractivity contribution in [2.45, 2.75) is 269 Å². The smallest absolute Gasteiger partial charge is 0.344 e. The molecule has 96 heavy (non-hydrogen) atoms. The highest BCUT2D eigenvalue weighted by molar-refractivity contribution is 5.74. The number of carbonyl (C=O) groups is 5. The number of fused-ring (bicyclic) bond motifs is 10. The normalized spacial score (nSPS) is 13.6. The highest BCUT2D eigenvalue weighted by Crippen LogP contribution is 2.46. The first-order valence-corrected chi connectivity index (χ1v) is 33.7. The highest BCUT2D eigenvalue weighted by Gasteiger charge is 2.33. The molecular weight excluding hydrogens is 1210 g/mol. The Morgan fingerprint density at radius 3 is 0.510 bits per heavy atom. The fourth-order valence-electron chi connectivity index (χ4n) is 11.3. The van der Waals surface area contributed by atoms with Crippen LogP contribution in [0.4, 0.5) is 0 Å². The third kappa shape index (κ3) is 22.5. The summed E-state index contributed by atoms with van der Waals surface area (Å²) in [4.78, 5) is 69.1. The molecule has 526 valence electrons. The molecule has 0 saturated carbocycles. The van der Waals surface area contributed by atoms with Crippen molar-refractivity contribution in [3.05, 3.63) is 144 Å². The molecule has 0 radical (unpaired) electrons. The van der Waals surface area contributed by atoms with E-state index in [9.17, 15) is 29.1 Å². The second-order valence-electron chi connectivity index (χ2n) is 34.9. The van der Waals surface area contributed by atoms with Gasteiger partial charge in [-0.1, -0.05) is 165 Å². The molecule has 6 rings (SSSR count). The Morgan fingerprint density at radius 1 is 0.260 bits per heavy atom. The van der Waals surface area contributed by atoms with Crippen LogP contribution in [0.3, 0.4) is 0 Å². The Morgan fingerprint density at radius 2 is 0.396 bits per heavy atom. The van der Waals surface area contributed by atoms with Gasteiger partial charge in [0.1, 0.15) is 51.2 Å². The predicted molar refractivity (Wildman–Crippen MR) is 378 cm³/mol. The Balaban J connectivity index is 1.96. The lowest BCUT2D eigenvalue weighted by molar-refractivity contribution is -0.158. The van der Waals surface area contributed by atoms with Crippen LogP contribution in [0.1, 0.15) is 270 Å². The first kappa shape index (κ1) is 77.5. The van der Waals surface area contributed by atoms with Crippen LogP contribution in [0.5, 0.6) is 28.7 Å². The Kier molecular flexibility index (Phi) is 23.3. The molecule has 0 fully saturated rings. The lowest BCUT2D eigenvalue weighted by atomic mass is 9.79. The van der Waals surface area contributed by atoms with E-state index in [2.05, 4.69) is 165 Å². The molecule has 1 aliphatic carbocycles. The molecule has 1 aliphatic rings. The molecule has 5 aromatic carbocycles. The Hall–Kier alpha value is -7.55. The van der Waals surface area contributed by atoms with Gasteiger partial charge in [-0.25, -0.2) is 24.0 Å². The molecule has 15 heteroatoms. The molecule has 5 aromatic rings. The second-order valence-corrected chi connectivity index (χ2v) is 34.9. The van der Waals surface area contributed by atoms with Crippen molar-refractivity contribution in [1.29, 1.82) is 0 Å². The molecule has 0 saturated heterocycles. The van der Waals surface area contributed by atoms with Crippen molar-refractivity contribution in [3.8, 4) is 28.7 Å². The van der Waals surface area contributed by atoms with Gasteiger partial charge in [-0.05, 0) is 194 Å². The number of esters is 4. The largest absolute Gasteiger partial charge is 0.481 e. The molecule has 0 unspecified atom stereocenters. The van der Waals surface area contributed by atoms with Crippen molar-refractivity contribution < 1.29 is 71.7 Å². The van der Waals surface area contributed by atoms with Crippen LogP contribution >= 0.6 is 0 Å². The number of carbonyl (C=O) groups excluding carboxylic acids is 4. The number of benzene rings is 5. The van der Waals surface area contributed by atoms with Gasteiger partial charge < -0.3 is 47.7 Å². The molecule has 0 aromatic heterocycles. The summed E-state index contributed by atoms with van der Waals surface area (Å²) < 4.78 is 58.1. The summed E-state index contributed by atoms with van der Waals surface area (Å²) in [6, 6.07) is 20.9. The van der Waals surface area contributed by atoms with E-state index in [1.165, 1.54) is 0 Å². The first-order chi connectivity index (χ1) is 43.6. The van der Waals surface area contributed by atoms with Crippen molar-refractivity contribution in [2.75, 3.05) is 33.0 Å². The number of carboxylic acid groups (broad SMARTS) is 1. The van der Waals surface area contributed by atoms with Gasteiger partial charge in [-0.3, -0.25) is 0 Å². The lowest BCUT2D eigenvalue weighted by Gasteiger charge is -2.29. The van der Waals surface area contributed by atoms with Crippen molar-refractivity contribution in [3.63, 3.8) is 0 Å². The fraction of sp³-hybridized carbons (Fsp3) is 0.568. The summed E-state index contributed by atoms with van der Waals surface area (Å²) in [6.07, 6.45) is 0.739. The average Bonchev–Trinajstić information content (AvgIpc) is 0.770. The minimum Gasteiger partial charge on any atom is -0.481 e. The molecule has 0 spiro atoms. The maximum Gasteiger partial charge on any atom is 0.344 e. The number of ether oxygens (including phenoxy) is 9. The van der Waals surface area contributed by atoms with E-state index in [4.69, 9.17) is 42.6 Å². The summed E-state index contributed by atoms with van der Waals surface area (Å²) in [7, 11) is 0. The number of aliphatic carboxylic acids is 1. The van der Waals surface area contributed by atoms with Crippen LogP contribution in [0.25, 0.3) is 0 Å². The van der Waals surface area contributed by atoms with E-state index < -0.39 is 112 Å². The summed E-state index contributed by atoms with van der Waals surface area (Å²) in [5.41, 5.74) is 5.71. The summed E-state index contributed by atoms with van der Waals surface area (Å²) >= 11 is 0. The van der Waals surface area contributed by atoms with Crippen LogP contribution in [0.2, 0.25) is 0 Å². The van der Waals surface area contributed by atoms with Crippen molar-refractivity contribution in [2.24, 2.45) is 0 Å². The van der Waals surface area contributed by atoms with Gasteiger partial charge in [0.2, 0.25) is 0 Å². The zero-order valence-corrected chi connectivity index (χ0v) is 63.0. The minimum absolute atomic E-state index is 0.133. The third-order valence-electron chi connectivity index (χ3n) is 15.8. The van der Waals surface area contributed by atoms with E-state index >= 15 is 0 Å². The van der Waals surface area contributed by atoms with Crippen LogP contribution < -0.4 is 23.7 Å². The van der Waals surface area contributed by atoms with E-state index in [0.29, 0.717) is 84.4 Å². The summed E-state index contributed by atoms with van der Waals surface area (Å²) in [6.45, 7) is 51.0. The number of rotatable bonds is 15. The standard InChI is InChI=1S/C81H112O15/c1-73(2,3)58-33-48-28-50-35-59(74(4,5)6)37-52(69(50)89-44-64(84)93-78(16,17)18)30-54-39-61(76(10,11)12)41-56(71(54)91-46-66(86)95-80(22,23)24)32-57-42-62(77(13,14)15)40-55(72(57)92-47-67(87)96-81(25,26)27)31-53-38-60(75(7,8)9)36-51(29-49(34-58)68(48)88-43-63(82)83)70(53)90-45-65(85)94-79(19,20)21/h33-42H,28-32,43-47H2,1-27H3,(H,82,83). The maximum atomic E-state index is 14.1. The molecular formula is C81H112O15. The lowest BCUT2D eigenvalue weighted by Crippen LogP contribution is -2.28. The molecule has 0 amide bonds. The zero-order valence-electron chi connectivity index (χ0n) is 63.0. The maximum absolute atomic E-state index is 14.1. The van der Waals surface area contributed by atoms with E-state index in [0.717, 1.165) is 27.8 Å². The molecule has 0 heterocycles. The second kappa shape index (κ2) is 28.9. The number of hydrogen-bond donors (Lipinski definition) is 1. The van der Waals surface area contributed by atoms with Gasteiger partial charge >= 0.3 is 29.8 Å². The Bertz CT molecular complexity index is 3460. The first-order valence-electron chi connectivity index (χ1n) is 33.7. The average molecular weight is 1330 g/mol. The van der Waals surface area contributed by atoms with Crippen LogP contribution in [-0.4, -0.2) is 90.4 Å². The SMILES string of the molecule is CC(C)(C)OC(=O)COc1c2cc(C(C)(C)C)cc1Cc1cc(C(C)(C)C)cc(c1OCC(=O)OC(C)(C)C)Cc1cc(C(C)(C)C)cc(c1OCC(=O)OC(C)(C)C)Cc1cc(C(C)(C)C)cc(c1OCC(=O)OC(C)(C)C)Cc1cc(C(C)(C)C)cc(c1OCC(=O)O)C2. The van der Waals surface area contributed by atoms with Crippen molar-refractivity contribution in [1.82, 2.24) is 0 Å². The van der Waals surface area contributed by atoms with E-state index in [1.54, 1.807) is 83.1 Å². The van der Waals surface area contributed by atoms with Gasteiger partial charge in [0.05, 0.1) is 0 Å². The number of carboxylic acids is 1. The molecule has 0 atom stereocenters. The minimum atomic E-state index is -1.19. The van der Waals surface area contributed by atoms with Crippen LogP contribution in [-0.2, 0) is 102 Å². The quantitative estimate of drug-likeness (QED) is 0.0754. The zero-order chi connectivity index (χ0) is 72.4. The van der Waals surface area contributed by atoms with Gasteiger partial charge in [0.15, 0.2) is 33.0 Å². The van der Waals surface area contributed by atoms with Gasteiger partial charge in [-0.15, -0.1) is 0 Å².